The van der Waals surface area contributed by atoms with E-state index in [-0.39, 0.29) is 17.5 Å². The summed E-state index contributed by atoms with van der Waals surface area (Å²) >= 11 is 0. The van der Waals surface area contributed by atoms with Gasteiger partial charge in [0.2, 0.25) is 0 Å². The fourth-order valence-electron chi connectivity index (χ4n) is 3.47. The third-order valence-electron chi connectivity index (χ3n) is 4.70. The molecule has 1 saturated heterocycles. The van der Waals surface area contributed by atoms with Gasteiger partial charge in [-0.3, -0.25) is 4.90 Å². The Hall–Kier alpha value is -1.64. The van der Waals surface area contributed by atoms with Crippen LogP contribution in [-0.2, 0) is 0 Å². The van der Waals surface area contributed by atoms with E-state index in [0.717, 1.165) is 12.1 Å². The lowest BCUT2D eigenvalue weighted by Crippen LogP contribution is -2.59. The normalized spacial score (nSPS) is 23.8. The van der Waals surface area contributed by atoms with Gasteiger partial charge in [0.15, 0.2) is 0 Å². The van der Waals surface area contributed by atoms with Crippen LogP contribution in [0.2, 0.25) is 0 Å². The number of hydrogen-bond acceptors (Lipinski definition) is 2. The van der Waals surface area contributed by atoms with Gasteiger partial charge < -0.3 is 5.11 Å². The van der Waals surface area contributed by atoms with E-state index in [9.17, 15) is 5.11 Å². The van der Waals surface area contributed by atoms with Crippen LogP contribution >= 0.6 is 0 Å². The fraction of sp³-hybridized carbons (Fsp3) is 0.400. The molecule has 3 atom stereocenters. The van der Waals surface area contributed by atoms with Crippen LogP contribution < -0.4 is 0 Å². The minimum Gasteiger partial charge on any atom is -0.388 e. The minimum absolute atomic E-state index is 0.105. The highest BCUT2D eigenvalue weighted by Crippen LogP contribution is 2.48. The SMILES string of the molecule is CC(C)(C)N1CC(C(O)c2ccccc2)C1c1ccccc1. The van der Waals surface area contributed by atoms with Crippen LogP contribution in [0.3, 0.4) is 0 Å². The molecular formula is C20H25NO. The van der Waals surface area contributed by atoms with E-state index in [1.807, 2.05) is 36.4 Å². The summed E-state index contributed by atoms with van der Waals surface area (Å²) in [7, 11) is 0. The van der Waals surface area contributed by atoms with E-state index in [1.54, 1.807) is 0 Å². The predicted octanol–water partition coefficient (Wildman–Crippen LogP) is 4.19. The number of aliphatic hydroxyl groups excluding tert-OH is 1. The van der Waals surface area contributed by atoms with Gasteiger partial charge in [0.05, 0.1) is 6.10 Å². The van der Waals surface area contributed by atoms with Crippen molar-refractivity contribution in [2.75, 3.05) is 6.54 Å². The van der Waals surface area contributed by atoms with E-state index in [1.165, 1.54) is 5.56 Å². The van der Waals surface area contributed by atoms with Gasteiger partial charge in [-0.1, -0.05) is 60.7 Å². The average Bonchev–Trinajstić information content (AvgIpc) is 2.46. The Labute approximate surface area is 133 Å². The molecule has 2 aromatic rings. The van der Waals surface area contributed by atoms with Gasteiger partial charge in [0, 0.05) is 24.0 Å². The maximum atomic E-state index is 10.8. The number of benzene rings is 2. The van der Waals surface area contributed by atoms with Crippen LogP contribution in [0.4, 0.5) is 0 Å². The Morgan fingerprint density at radius 2 is 1.50 bits per heavy atom. The summed E-state index contributed by atoms with van der Waals surface area (Å²) < 4.78 is 0. The summed E-state index contributed by atoms with van der Waals surface area (Å²) in [6.45, 7) is 7.66. The van der Waals surface area contributed by atoms with Crippen molar-refractivity contribution in [3.8, 4) is 0 Å². The Balaban J connectivity index is 1.89. The lowest BCUT2D eigenvalue weighted by atomic mass is 9.75. The summed E-state index contributed by atoms with van der Waals surface area (Å²) in [4.78, 5) is 2.49. The Kier molecular flexibility index (Phi) is 4.07. The zero-order valence-corrected chi connectivity index (χ0v) is 13.6. The molecule has 1 aliphatic rings. The monoisotopic (exact) mass is 295 g/mol. The molecule has 2 aromatic carbocycles. The third kappa shape index (κ3) is 2.81. The van der Waals surface area contributed by atoms with E-state index in [2.05, 4.69) is 49.9 Å². The number of hydrogen-bond donors (Lipinski definition) is 1. The molecule has 2 nitrogen and oxygen atoms in total. The molecule has 22 heavy (non-hydrogen) atoms. The highest BCUT2D eigenvalue weighted by Gasteiger charge is 2.48. The molecule has 0 saturated carbocycles. The van der Waals surface area contributed by atoms with E-state index < -0.39 is 6.10 Å². The Morgan fingerprint density at radius 3 is 2.05 bits per heavy atom. The highest BCUT2D eigenvalue weighted by molar-refractivity contribution is 5.27. The number of likely N-dealkylation sites (tertiary alicyclic amines) is 1. The van der Waals surface area contributed by atoms with Gasteiger partial charge in [-0.25, -0.2) is 0 Å². The third-order valence-corrected chi connectivity index (χ3v) is 4.70. The van der Waals surface area contributed by atoms with E-state index >= 15 is 0 Å². The van der Waals surface area contributed by atoms with Crippen LogP contribution in [0.5, 0.6) is 0 Å². The first-order valence-corrected chi connectivity index (χ1v) is 8.03. The van der Waals surface area contributed by atoms with Crippen LogP contribution in [0.1, 0.15) is 44.0 Å². The van der Waals surface area contributed by atoms with Gasteiger partial charge in [0.1, 0.15) is 0 Å². The van der Waals surface area contributed by atoms with Crippen LogP contribution in [-0.4, -0.2) is 22.1 Å². The van der Waals surface area contributed by atoms with Gasteiger partial charge >= 0.3 is 0 Å². The topological polar surface area (TPSA) is 23.5 Å². The summed E-state index contributed by atoms with van der Waals surface area (Å²) in [5.74, 6) is 0.240. The van der Waals surface area contributed by atoms with Crippen molar-refractivity contribution in [2.24, 2.45) is 5.92 Å². The zero-order chi connectivity index (χ0) is 15.7. The number of rotatable bonds is 3. The molecular weight excluding hydrogens is 270 g/mol. The van der Waals surface area contributed by atoms with Crippen LogP contribution in [0.15, 0.2) is 60.7 Å². The minimum atomic E-state index is -0.412. The Morgan fingerprint density at radius 1 is 0.955 bits per heavy atom. The summed E-state index contributed by atoms with van der Waals surface area (Å²) in [5.41, 5.74) is 2.42. The van der Waals surface area contributed by atoms with Crippen molar-refractivity contribution in [1.29, 1.82) is 0 Å². The van der Waals surface area contributed by atoms with Gasteiger partial charge in [-0.2, -0.15) is 0 Å². The molecule has 0 aromatic heterocycles. The molecule has 0 bridgehead atoms. The molecule has 0 aliphatic carbocycles. The smallest absolute Gasteiger partial charge is 0.0848 e. The molecule has 1 N–H and O–H groups in total. The molecule has 0 spiro atoms. The molecule has 3 unspecified atom stereocenters. The van der Waals surface area contributed by atoms with Crippen molar-refractivity contribution < 1.29 is 5.11 Å². The summed E-state index contributed by atoms with van der Waals surface area (Å²) in [6, 6.07) is 20.9. The van der Waals surface area contributed by atoms with E-state index in [0.29, 0.717) is 0 Å². The average molecular weight is 295 g/mol. The second kappa shape index (κ2) is 5.86. The second-order valence-electron chi connectivity index (χ2n) is 7.20. The fourth-order valence-corrected chi connectivity index (χ4v) is 3.47. The zero-order valence-electron chi connectivity index (χ0n) is 13.6. The van der Waals surface area contributed by atoms with Crippen molar-refractivity contribution in [3.05, 3.63) is 71.8 Å². The number of aliphatic hydroxyl groups is 1. The quantitative estimate of drug-likeness (QED) is 0.917. The molecule has 1 heterocycles. The van der Waals surface area contributed by atoms with Crippen LogP contribution in [0, 0.1) is 5.92 Å². The lowest BCUT2D eigenvalue weighted by Gasteiger charge is -2.56. The largest absolute Gasteiger partial charge is 0.388 e. The molecule has 2 heteroatoms. The first-order chi connectivity index (χ1) is 10.5. The van der Waals surface area contributed by atoms with Crippen molar-refractivity contribution >= 4 is 0 Å². The van der Waals surface area contributed by atoms with Gasteiger partial charge in [-0.05, 0) is 31.9 Å². The standard InChI is InChI=1S/C20H25NO/c1-20(2,3)21-14-17(18(21)15-10-6-4-7-11-15)19(22)16-12-8-5-9-13-16/h4-13,17-19,22H,14H2,1-3H3. The Bertz CT molecular complexity index is 603. The van der Waals surface area contributed by atoms with Crippen molar-refractivity contribution in [2.45, 2.75) is 38.5 Å². The molecule has 0 radical (unpaired) electrons. The van der Waals surface area contributed by atoms with Gasteiger partial charge in [0.25, 0.3) is 0 Å². The van der Waals surface area contributed by atoms with Crippen molar-refractivity contribution in [1.82, 2.24) is 4.90 Å². The summed E-state index contributed by atoms with van der Waals surface area (Å²) in [6.07, 6.45) is -0.412. The molecule has 1 fully saturated rings. The highest BCUT2D eigenvalue weighted by atomic mass is 16.3. The summed E-state index contributed by atoms with van der Waals surface area (Å²) in [5, 5.41) is 10.8. The van der Waals surface area contributed by atoms with Crippen molar-refractivity contribution in [3.63, 3.8) is 0 Å². The van der Waals surface area contributed by atoms with Crippen LogP contribution in [0.25, 0.3) is 0 Å². The maximum Gasteiger partial charge on any atom is 0.0848 e. The second-order valence-corrected chi connectivity index (χ2v) is 7.20. The molecule has 0 amide bonds. The lowest BCUT2D eigenvalue weighted by molar-refractivity contribution is -0.108. The van der Waals surface area contributed by atoms with E-state index in [4.69, 9.17) is 0 Å². The number of nitrogens with zero attached hydrogens (tertiary/aromatic N) is 1. The first kappa shape index (κ1) is 15.3. The molecule has 3 rings (SSSR count). The maximum absolute atomic E-state index is 10.8. The van der Waals surface area contributed by atoms with Gasteiger partial charge in [-0.15, -0.1) is 0 Å². The molecule has 116 valence electrons. The predicted molar refractivity (Wildman–Crippen MR) is 90.5 cm³/mol. The molecule has 1 aliphatic heterocycles. The first-order valence-electron chi connectivity index (χ1n) is 8.03.